The fourth-order valence-corrected chi connectivity index (χ4v) is 1.60. The Morgan fingerprint density at radius 1 is 1.38 bits per heavy atom. The number of hydrogen-bond donors (Lipinski definition) is 2. The highest BCUT2D eigenvalue weighted by atomic mass is 35.5. The molecule has 0 bridgehead atoms. The van der Waals surface area contributed by atoms with Gasteiger partial charge in [-0.1, -0.05) is 0 Å². The van der Waals surface area contributed by atoms with Crippen LogP contribution in [0.1, 0.15) is 6.92 Å². The van der Waals surface area contributed by atoms with Crippen molar-refractivity contribution in [3.8, 4) is 5.75 Å². The minimum Gasteiger partial charge on any atom is -0.505 e. The van der Waals surface area contributed by atoms with Crippen LogP contribution in [0.5, 0.6) is 5.75 Å². The number of anilines is 1. The molecule has 0 unspecified atom stereocenters. The Hall–Kier alpha value is -0.780. The highest BCUT2D eigenvalue weighted by Crippen LogP contribution is 2.14. The van der Waals surface area contributed by atoms with Crippen molar-refractivity contribution in [3.63, 3.8) is 0 Å². The van der Waals surface area contributed by atoms with Crippen LogP contribution in [0.2, 0.25) is 0 Å². The van der Waals surface area contributed by atoms with E-state index >= 15 is 0 Å². The number of nitrogens with zero attached hydrogens (tertiary/aromatic N) is 3. The number of hydrogen-bond acceptors (Lipinski definition) is 5. The SMILES string of the molecule is C[C@@H]1CNCCN1c1ncc(O)cn1.Cl.Cl. The minimum atomic E-state index is 0. The second-order valence-electron chi connectivity index (χ2n) is 3.49. The molecular weight excluding hydrogens is 251 g/mol. The zero-order valence-corrected chi connectivity index (χ0v) is 10.6. The smallest absolute Gasteiger partial charge is 0.225 e. The molecule has 2 heterocycles. The second-order valence-corrected chi connectivity index (χ2v) is 3.49. The van der Waals surface area contributed by atoms with Crippen LogP contribution in [0.4, 0.5) is 5.95 Å². The monoisotopic (exact) mass is 266 g/mol. The lowest BCUT2D eigenvalue weighted by atomic mass is 10.2. The third-order valence-electron chi connectivity index (χ3n) is 2.38. The van der Waals surface area contributed by atoms with Crippen LogP contribution in [-0.4, -0.2) is 40.8 Å². The van der Waals surface area contributed by atoms with Crippen LogP contribution in [0.15, 0.2) is 12.4 Å². The van der Waals surface area contributed by atoms with Crippen LogP contribution in [0, 0.1) is 0 Å². The lowest BCUT2D eigenvalue weighted by molar-refractivity contribution is 0.465. The number of halogens is 2. The third kappa shape index (κ3) is 3.37. The van der Waals surface area contributed by atoms with Gasteiger partial charge in [0.2, 0.25) is 5.95 Å². The molecule has 0 radical (unpaired) electrons. The molecule has 1 fully saturated rings. The lowest BCUT2D eigenvalue weighted by Crippen LogP contribution is -2.50. The predicted octanol–water partition coefficient (Wildman–Crippen LogP) is 0.824. The largest absolute Gasteiger partial charge is 0.505 e. The number of rotatable bonds is 1. The molecule has 5 nitrogen and oxygen atoms in total. The van der Waals surface area contributed by atoms with Crippen LogP contribution in [0.3, 0.4) is 0 Å². The van der Waals surface area contributed by atoms with Gasteiger partial charge >= 0.3 is 0 Å². The van der Waals surface area contributed by atoms with Gasteiger partial charge < -0.3 is 15.3 Å². The van der Waals surface area contributed by atoms with E-state index in [9.17, 15) is 0 Å². The lowest BCUT2D eigenvalue weighted by Gasteiger charge is -2.33. The van der Waals surface area contributed by atoms with Crippen LogP contribution < -0.4 is 10.2 Å². The molecule has 2 N–H and O–H groups in total. The molecular formula is C9H16Cl2N4O. The molecule has 92 valence electrons. The van der Waals surface area contributed by atoms with Crippen molar-refractivity contribution >= 4 is 30.8 Å². The van der Waals surface area contributed by atoms with E-state index in [1.807, 2.05) is 0 Å². The van der Waals surface area contributed by atoms with E-state index in [0.717, 1.165) is 19.6 Å². The second kappa shape index (κ2) is 6.73. The molecule has 0 aliphatic carbocycles. The summed E-state index contributed by atoms with van der Waals surface area (Å²) in [5.74, 6) is 0.799. The summed E-state index contributed by atoms with van der Waals surface area (Å²) in [6.45, 7) is 4.94. The molecule has 1 aliphatic heterocycles. The molecule has 1 aromatic heterocycles. The number of aromatic nitrogens is 2. The Labute approximate surface area is 107 Å². The van der Waals surface area contributed by atoms with Gasteiger partial charge in [-0.2, -0.15) is 0 Å². The average Bonchev–Trinajstić information content (AvgIpc) is 2.20. The molecule has 1 atom stereocenters. The van der Waals surface area contributed by atoms with Gasteiger partial charge in [0, 0.05) is 25.7 Å². The van der Waals surface area contributed by atoms with Gasteiger partial charge in [0.15, 0.2) is 5.75 Å². The summed E-state index contributed by atoms with van der Waals surface area (Å²) in [5.41, 5.74) is 0. The maximum absolute atomic E-state index is 9.07. The molecule has 0 spiro atoms. The summed E-state index contributed by atoms with van der Waals surface area (Å²) in [4.78, 5) is 10.3. The summed E-state index contributed by atoms with van der Waals surface area (Å²) in [6, 6.07) is 0.397. The Bertz CT molecular complexity index is 309. The summed E-state index contributed by atoms with van der Waals surface area (Å²) in [5, 5.41) is 12.4. The topological polar surface area (TPSA) is 61.3 Å². The van der Waals surface area contributed by atoms with Crippen molar-refractivity contribution in [1.29, 1.82) is 0 Å². The summed E-state index contributed by atoms with van der Waals surface area (Å²) >= 11 is 0. The van der Waals surface area contributed by atoms with Gasteiger partial charge in [0.25, 0.3) is 0 Å². The quantitative estimate of drug-likeness (QED) is 0.789. The van der Waals surface area contributed by atoms with Gasteiger partial charge in [-0.25, -0.2) is 9.97 Å². The molecule has 1 aromatic rings. The van der Waals surface area contributed by atoms with Gasteiger partial charge in [-0.3, -0.25) is 0 Å². The minimum absolute atomic E-state index is 0. The Kier molecular flexibility index (Phi) is 6.40. The first-order valence-corrected chi connectivity index (χ1v) is 4.76. The normalized spacial score (nSPS) is 19.6. The van der Waals surface area contributed by atoms with Crippen LogP contribution in [0.25, 0.3) is 0 Å². The first-order valence-electron chi connectivity index (χ1n) is 4.76. The summed E-state index contributed by atoms with van der Waals surface area (Å²) in [7, 11) is 0. The van der Waals surface area contributed by atoms with Crippen LogP contribution in [-0.2, 0) is 0 Å². The van der Waals surface area contributed by atoms with Crippen molar-refractivity contribution in [2.75, 3.05) is 24.5 Å². The molecule has 7 heteroatoms. The Morgan fingerprint density at radius 2 is 2.00 bits per heavy atom. The van der Waals surface area contributed by atoms with Crippen molar-refractivity contribution in [2.45, 2.75) is 13.0 Å². The first kappa shape index (κ1) is 15.2. The fraction of sp³-hybridized carbons (Fsp3) is 0.556. The Morgan fingerprint density at radius 3 is 2.56 bits per heavy atom. The maximum Gasteiger partial charge on any atom is 0.225 e. The highest BCUT2D eigenvalue weighted by Gasteiger charge is 2.19. The standard InChI is InChI=1S/C9H14N4O.2ClH/c1-7-4-10-2-3-13(7)9-11-5-8(14)6-12-9;;/h5-7,10,14H,2-4H2,1H3;2*1H/t7-;;/m1../s1. The van der Waals surface area contributed by atoms with Gasteiger partial charge in [-0.05, 0) is 6.92 Å². The summed E-state index contributed by atoms with van der Waals surface area (Å²) in [6.07, 6.45) is 2.86. The van der Waals surface area contributed by atoms with Crippen molar-refractivity contribution in [3.05, 3.63) is 12.4 Å². The average molecular weight is 267 g/mol. The van der Waals surface area contributed by atoms with E-state index in [-0.39, 0.29) is 30.6 Å². The molecule has 16 heavy (non-hydrogen) atoms. The van der Waals surface area contributed by atoms with Crippen molar-refractivity contribution in [2.24, 2.45) is 0 Å². The molecule has 0 amide bonds. The first-order chi connectivity index (χ1) is 6.77. The number of piperazine rings is 1. The Balaban J connectivity index is 0.00000112. The van der Waals surface area contributed by atoms with Crippen LogP contribution >= 0.6 is 24.8 Å². The van der Waals surface area contributed by atoms with Crippen molar-refractivity contribution < 1.29 is 5.11 Å². The van der Waals surface area contributed by atoms with E-state index in [1.54, 1.807) is 0 Å². The fourth-order valence-electron chi connectivity index (χ4n) is 1.60. The molecule has 0 aromatic carbocycles. The number of aromatic hydroxyl groups is 1. The van der Waals surface area contributed by atoms with Gasteiger partial charge in [-0.15, -0.1) is 24.8 Å². The van der Waals surface area contributed by atoms with Gasteiger partial charge in [0.05, 0.1) is 12.4 Å². The highest BCUT2D eigenvalue weighted by molar-refractivity contribution is 5.85. The maximum atomic E-state index is 9.07. The van der Waals surface area contributed by atoms with E-state index in [4.69, 9.17) is 5.11 Å². The molecule has 1 aliphatic rings. The zero-order valence-electron chi connectivity index (χ0n) is 8.96. The van der Waals surface area contributed by atoms with E-state index < -0.39 is 0 Å². The van der Waals surface area contributed by atoms with Gasteiger partial charge in [0.1, 0.15) is 0 Å². The third-order valence-corrected chi connectivity index (χ3v) is 2.38. The van der Waals surface area contributed by atoms with E-state index in [2.05, 4.69) is 27.1 Å². The number of nitrogens with one attached hydrogen (secondary N) is 1. The predicted molar refractivity (Wildman–Crippen MR) is 67.9 cm³/mol. The van der Waals surface area contributed by atoms with E-state index in [0.29, 0.717) is 12.0 Å². The van der Waals surface area contributed by atoms with Crippen molar-refractivity contribution in [1.82, 2.24) is 15.3 Å². The van der Waals surface area contributed by atoms with E-state index in [1.165, 1.54) is 12.4 Å². The molecule has 1 saturated heterocycles. The molecule has 2 rings (SSSR count). The summed E-state index contributed by atoms with van der Waals surface area (Å²) < 4.78 is 0. The molecule has 0 saturated carbocycles. The zero-order chi connectivity index (χ0) is 9.97.